The normalized spacial score (nSPS) is 11.8. The maximum atomic E-state index is 12.5. The zero-order valence-electron chi connectivity index (χ0n) is 14.4. The van der Waals surface area contributed by atoms with Crippen LogP contribution in [0.25, 0.3) is 0 Å². The van der Waals surface area contributed by atoms with Gasteiger partial charge in [-0.2, -0.15) is 10.4 Å². The first-order chi connectivity index (χ1) is 12.1. The van der Waals surface area contributed by atoms with Gasteiger partial charge in [0, 0.05) is 5.56 Å². The van der Waals surface area contributed by atoms with E-state index in [1.165, 1.54) is 12.1 Å². The molecule has 0 spiro atoms. The second-order valence-corrected chi connectivity index (χ2v) is 7.79. The lowest BCUT2D eigenvalue weighted by atomic mass is 9.86. The van der Waals surface area contributed by atoms with E-state index in [9.17, 15) is 10.1 Å². The minimum Gasteiger partial charge on any atom is -0.286 e. The van der Waals surface area contributed by atoms with E-state index < -0.39 is 5.78 Å². The van der Waals surface area contributed by atoms with Gasteiger partial charge in [-0.1, -0.05) is 79.8 Å². The van der Waals surface area contributed by atoms with Gasteiger partial charge in [-0.15, -0.1) is 0 Å². The number of ketones is 1. The van der Waals surface area contributed by atoms with Crippen molar-refractivity contribution in [2.24, 2.45) is 5.10 Å². The van der Waals surface area contributed by atoms with Crippen molar-refractivity contribution in [3.8, 4) is 6.07 Å². The van der Waals surface area contributed by atoms with Gasteiger partial charge in [-0.05, 0) is 23.1 Å². The first kappa shape index (κ1) is 20.3. The number of hydrogen-bond acceptors (Lipinski definition) is 4. The predicted octanol–water partition coefficient (Wildman–Crippen LogP) is 6.12. The molecule has 2 rings (SSSR count). The van der Waals surface area contributed by atoms with Crippen LogP contribution in [-0.4, -0.2) is 11.5 Å². The molecule has 0 amide bonds. The molecule has 134 valence electrons. The van der Waals surface area contributed by atoms with E-state index in [0.29, 0.717) is 11.3 Å². The van der Waals surface area contributed by atoms with Gasteiger partial charge in [0.25, 0.3) is 0 Å². The van der Waals surface area contributed by atoms with Gasteiger partial charge >= 0.3 is 0 Å². The molecule has 7 heteroatoms. The number of anilines is 1. The zero-order chi connectivity index (χ0) is 19.5. The summed E-state index contributed by atoms with van der Waals surface area (Å²) in [5.74, 6) is -0.480. The van der Waals surface area contributed by atoms with Crippen molar-refractivity contribution in [2.75, 3.05) is 5.43 Å². The molecule has 0 radical (unpaired) electrons. The number of benzene rings is 2. The second-order valence-electron chi connectivity index (χ2n) is 6.59. The molecule has 1 N–H and O–H groups in total. The van der Waals surface area contributed by atoms with Crippen LogP contribution in [0.15, 0.2) is 41.5 Å². The summed E-state index contributed by atoms with van der Waals surface area (Å²) >= 11 is 17.8. The lowest BCUT2D eigenvalue weighted by Crippen LogP contribution is -2.15. The van der Waals surface area contributed by atoms with E-state index in [0.717, 1.165) is 5.56 Å². The van der Waals surface area contributed by atoms with Crippen molar-refractivity contribution in [2.45, 2.75) is 26.2 Å². The molecule has 0 saturated heterocycles. The smallest absolute Gasteiger partial charge is 0.223 e. The van der Waals surface area contributed by atoms with Crippen molar-refractivity contribution < 1.29 is 4.79 Å². The monoisotopic (exact) mass is 407 g/mol. The van der Waals surface area contributed by atoms with Gasteiger partial charge in [-0.3, -0.25) is 10.2 Å². The lowest BCUT2D eigenvalue weighted by molar-refractivity contribution is 0.106. The Morgan fingerprint density at radius 3 is 2.08 bits per heavy atom. The summed E-state index contributed by atoms with van der Waals surface area (Å²) in [7, 11) is 0. The molecule has 0 aliphatic rings. The summed E-state index contributed by atoms with van der Waals surface area (Å²) in [4.78, 5) is 12.5. The third-order valence-electron chi connectivity index (χ3n) is 3.61. The van der Waals surface area contributed by atoms with Gasteiger partial charge in [0.05, 0.1) is 20.8 Å². The van der Waals surface area contributed by atoms with Gasteiger partial charge in [0.2, 0.25) is 11.5 Å². The van der Waals surface area contributed by atoms with Crippen LogP contribution in [0, 0.1) is 11.3 Å². The minimum atomic E-state index is -0.480. The number of hydrogen-bond donors (Lipinski definition) is 1. The van der Waals surface area contributed by atoms with Crippen LogP contribution < -0.4 is 5.43 Å². The van der Waals surface area contributed by atoms with Crippen molar-refractivity contribution >= 4 is 52.0 Å². The minimum absolute atomic E-state index is 0.0254. The Morgan fingerprint density at radius 1 is 1.08 bits per heavy atom. The van der Waals surface area contributed by atoms with Crippen LogP contribution in [0.3, 0.4) is 0 Å². The Labute approximate surface area is 167 Å². The highest BCUT2D eigenvalue weighted by Gasteiger charge is 2.17. The third kappa shape index (κ3) is 4.76. The topological polar surface area (TPSA) is 65.2 Å². The lowest BCUT2D eigenvalue weighted by Gasteiger charge is -2.18. The van der Waals surface area contributed by atoms with E-state index in [4.69, 9.17) is 34.8 Å². The standard InChI is InChI=1S/C19H16Cl3N3O/c1-19(2,3)12-6-4-11(5-7-12)18(26)16(10-23)25-24-13-8-14(20)17(22)15(21)9-13/h4-9,24H,1-3H3/b25-16+. The third-order valence-corrected chi connectivity index (χ3v) is 4.81. The summed E-state index contributed by atoms with van der Waals surface area (Å²) in [6.07, 6.45) is 0. The molecule has 2 aromatic carbocycles. The van der Waals surface area contributed by atoms with E-state index in [1.807, 2.05) is 12.1 Å². The molecule has 0 unspecified atom stereocenters. The quantitative estimate of drug-likeness (QED) is 0.287. The van der Waals surface area contributed by atoms with E-state index in [1.54, 1.807) is 18.2 Å². The molecule has 0 bridgehead atoms. The van der Waals surface area contributed by atoms with Crippen molar-refractivity contribution in [1.29, 1.82) is 5.26 Å². The van der Waals surface area contributed by atoms with Gasteiger partial charge in [-0.25, -0.2) is 0 Å². The van der Waals surface area contributed by atoms with E-state index in [2.05, 4.69) is 31.3 Å². The van der Waals surface area contributed by atoms with Crippen LogP contribution in [0.4, 0.5) is 5.69 Å². The number of carbonyl (C=O) groups excluding carboxylic acids is 1. The maximum absolute atomic E-state index is 12.5. The number of halogens is 3. The fourth-order valence-electron chi connectivity index (χ4n) is 2.13. The molecule has 0 aliphatic carbocycles. The van der Waals surface area contributed by atoms with E-state index in [-0.39, 0.29) is 26.2 Å². The average molecular weight is 409 g/mol. The maximum Gasteiger partial charge on any atom is 0.223 e. The summed E-state index contributed by atoms with van der Waals surface area (Å²) in [6, 6.07) is 11.9. The van der Waals surface area contributed by atoms with Gasteiger partial charge in [0.15, 0.2) is 0 Å². The zero-order valence-corrected chi connectivity index (χ0v) is 16.7. The summed E-state index contributed by atoms with van der Waals surface area (Å²) < 4.78 is 0. The Morgan fingerprint density at radius 2 is 1.62 bits per heavy atom. The van der Waals surface area contributed by atoms with Gasteiger partial charge in [0.1, 0.15) is 6.07 Å². The summed E-state index contributed by atoms with van der Waals surface area (Å²) in [5.41, 5.74) is 4.18. The van der Waals surface area contributed by atoms with Crippen LogP contribution in [0.2, 0.25) is 15.1 Å². The summed E-state index contributed by atoms with van der Waals surface area (Å²) in [5, 5.41) is 13.8. The fraction of sp³-hybridized carbons (Fsp3) is 0.211. The van der Waals surface area contributed by atoms with Crippen molar-refractivity contribution in [1.82, 2.24) is 0 Å². The molecule has 0 saturated carbocycles. The molecule has 0 aromatic heterocycles. The van der Waals surface area contributed by atoms with Gasteiger partial charge < -0.3 is 0 Å². The largest absolute Gasteiger partial charge is 0.286 e. The number of carbonyl (C=O) groups is 1. The molecular formula is C19H16Cl3N3O. The molecule has 0 atom stereocenters. The first-order valence-corrected chi connectivity index (χ1v) is 8.80. The molecule has 0 fully saturated rings. The number of hydrazone groups is 1. The second kappa shape index (κ2) is 8.09. The molecule has 26 heavy (non-hydrogen) atoms. The highest BCUT2D eigenvalue weighted by Crippen LogP contribution is 2.33. The molecule has 0 heterocycles. The first-order valence-electron chi connectivity index (χ1n) is 7.67. The highest BCUT2D eigenvalue weighted by atomic mass is 35.5. The molecule has 2 aromatic rings. The molecular weight excluding hydrogens is 393 g/mol. The van der Waals surface area contributed by atoms with Crippen LogP contribution in [0.1, 0.15) is 36.7 Å². The van der Waals surface area contributed by atoms with Crippen LogP contribution in [0.5, 0.6) is 0 Å². The molecule has 0 aliphatic heterocycles. The van der Waals surface area contributed by atoms with Crippen LogP contribution in [-0.2, 0) is 5.41 Å². The van der Waals surface area contributed by atoms with Crippen molar-refractivity contribution in [3.63, 3.8) is 0 Å². The Hall–Kier alpha value is -2.06. The van der Waals surface area contributed by atoms with Crippen LogP contribution >= 0.6 is 34.8 Å². The average Bonchev–Trinajstić information content (AvgIpc) is 2.59. The number of Topliss-reactive ketones (excluding diaryl/α,β-unsaturated/α-hetero) is 1. The number of nitrogens with zero attached hydrogens (tertiary/aromatic N) is 2. The number of nitriles is 1. The highest BCUT2D eigenvalue weighted by molar-refractivity contribution is 6.51. The molecule has 4 nitrogen and oxygen atoms in total. The predicted molar refractivity (Wildman–Crippen MR) is 108 cm³/mol. The summed E-state index contributed by atoms with van der Waals surface area (Å²) in [6.45, 7) is 6.24. The fourth-order valence-corrected chi connectivity index (χ4v) is 2.72. The van der Waals surface area contributed by atoms with E-state index >= 15 is 0 Å². The van der Waals surface area contributed by atoms with Crippen molar-refractivity contribution in [3.05, 3.63) is 62.6 Å². The number of rotatable bonds is 4. The number of nitrogens with one attached hydrogen (secondary N) is 1. The SMILES string of the molecule is CC(C)(C)c1ccc(C(=O)/C(C#N)=N/Nc2cc(Cl)c(Cl)c(Cl)c2)cc1. The Kier molecular flexibility index (Phi) is 6.30. The Balaban J connectivity index is 2.23. The Bertz CT molecular complexity index is 884.